The van der Waals surface area contributed by atoms with Gasteiger partial charge < -0.3 is 4.74 Å². The van der Waals surface area contributed by atoms with Crippen LogP contribution in [0.5, 0.6) is 0 Å². The molecule has 8 nitrogen and oxygen atoms in total. The molecule has 0 bridgehead atoms. The maximum Gasteiger partial charge on any atom is 0.338 e. The number of carbonyl (C=O) groups excluding carboxylic acids is 1. The summed E-state index contributed by atoms with van der Waals surface area (Å²) in [6.07, 6.45) is -0.306. The number of nitrogens with one attached hydrogen (secondary N) is 1. The number of anilines is 1. The van der Waals surface area contributed by atoms with E-state index in [1.54, 1.807) is 13.8 Å². The molecule has 0 aromatic heterocycles. The van der Waals surface area contributed by atoms with Crippen molar-refractivity contribution >= 4 is 27.4 Å². The number of nitro groups is 1. The van der Waals surface area contributed by atoms with E-state index >= 15 is 0 Å². The van der Waals surface area contributed by atoms with Gasteiger partial charge in [-0.1, -0.05) is 0 Å². The van der Waals surface area contributed by atoms with Crippen LogP contribution in [0, 0.1) is 15.9 Å². The molecule has 0 heterocycles. The SMILES string of the molecule is CC(C)OC(=O)c1ccc(NS(=O)(=O)c2ccc(F)cc2[N+](=O)[O-])cc1. The Bertz CT molecular complexity index is 942. The molecule has 2 aromatic carbocycles. The fraction of sp³-hybridized carbons (Fsp3) is 0.188. The zero-order valence-electron chi connectivity index (χ0n) is 13.8. The number of rotatable bonds is 6. The highest BCUT2D eigenvalue weighted by molar-refractivity contribution is 7.92. The summed E-state index contributed by atoms with van der Waals surface area (Å²) < 4.78 is 45.1. The Kier molecular flexibility index (Phi) is 5.56. The summed E-state index contributed by atoms with van der Waals surface area (Å²) in [6.45, 7) is 3.38. The largest absolute Gasteiger partial charge is 0.459 e. The number of halogens is 1. The smallest absolute Gasteiger partial charge is 0.338 e. The summed E-state index contributed by atoms with van der Waals surface area (Å²) in [6, 6.07) is 7.47. The standard InChI is InChI=1S/C16H15FN2O6S/c1-10(2)25-16(20)11-3-6-13(7-4-11)18-26(23,24)15-8-5-12(17)9-14(15)19(21)22/h3-10,18H,1-2H3. The van der Waals surface area contributed by atoms with Crippen LogP contribution in [0.3, 0.4) is 0 Å². The van der Waals surface area contributed by atoms with E-state index in [2.05, 4.69) is 4.72 Å². The van der Waals surface area contributed by atoms with Crippen molar-refractivity contribution < 1.29 is 27.3 Å². The van der Waals surface area contributed by atoms with Crippen molar-refractivity contribution in [2.45, 2.75) is 24.8 Å². The topological polar surface area (TPSA) is 116 Å². The molecular formula is C16H15FN2O6S. The van der Waals surface area contributed by atoms with Crippen LogP contribution in [0.2, 0.25) is 0 Å². The number of nitrogens with zero attached hydrogens (tertiary/aromatic N) is 1. The molecule has 1 N–H and O–H groups in total. The monoisotopic (exact) mass is 382 g/mol. The Morgan fingerprint density at radius 1 is 1.19 bits per heavy atom. The second kappa shape index (κ2) is 7.48. The number of ether oxygens (including phenoxy) is 1. The number of esters is 1. The van der Waals surface area contributed by atoms with E-state index in [4.69, 9.17) is 4.74 Å². The number of benzene rings is 2. The zero-order valence-corrected chi connectivity index (χ0v) is 14.6. The van der Waals surface area contributed by atoms with Gasteiger partial charge in [0.05, 0.1) is 22.7 Å². The Balaban J connectivity index is 2.28. The highest BCUT2D eigenvalue weighted by Gasteiger charge is 2.26. The normalized spacial score (nSPS) is 11.2. The molecule has 138 valence electrons. The van der Waals surface area contributed by atoms with Crippen molar-refractivity contribution in [3.05, 3.63) is 64.0 Å². The van der Waals surface area contributed by atoms with Gasteiger partial charge in [-0.2, -0.15) is 0 Å². The molecular weight excluding hydrogens is 367 g/mol. The van der Waals surface area contributed by atoms with E-state index in [-0.39, 0.29) is 17.4 Å². The summed E-state index contributed by atoms with van der Waals surface area (Å²) in [7, 11) is -4.33. The maximum absolute atomic E-state index is 13.2. The lowest BCUT2D eigenvalue weighted by Crippen LogP contribution is -2.15. The number of carbonyl (C=O) groups is 1. The lowest BCUT2D eigenvalue weighted by Gasteiger charge is -2.10. The van der Waals surface area contributed by atoms with Gasteiger partial charge >= 0.3 is 5.97 Å². The van der Waals surface area contributed by atoms with Gasteiger partial charge in [0.25, 0.3) is 15.7 Å². The van der Waals surface area contributed by atoms with Crippen LogP contribution in [0.25, 0.3) is 0 Å². The van der Waals surface area contributed by atoms with E-state index in [1.165, 1.54) is 24.3 Å². The van der Waals surface area contributed by atoms with Crippen LogP contribution in [0.1, 0.15) is 24.2 Å². The van der Waals surface area contributed by atoms with Crippen LogP contribution in [0.4, 0.5) is 15.8 Å². The third kappa shape index (κ3) is 4.54. The molecule has 0 atom stereocenters. The summed E-state index contributed by atoms with van der Waals surface area (Å²) in [5.74, 6) is -1.49. The fourth-order valence-corrected chi connectivity index (χ4v) is 3.24. The van der Waals surface area contributed by atoms with E-state index < -0.39 is 37.3 Å². The van der Waals surface area contributed by atoms with Gasteiger partial charge in [-0.15, -0.1) is 0 Å². The second-order valence-corrected chi connectivity index (χ2v) is 7.16. The van der Waals surface area contributed by atoms with Crippen LogP contribution >= 0.6 is 0 Å². The first-order chi connectivity index (χ1) is 12.1. The van der Waals surface area contributed by atoms with Crippen LogP contribution in [0.15, 0.2) is 47.4 Å². The predicted molar refractivity (Wildman–Crippen MR) is 90.9 cm³/mol. The fourth-order valence-electron chi connectivity index (χ4n) is 2.03. The van der Waals surface area contributed by atoms with Gasteiger partial charge in [0, 0.05) is 5.69 Å². The lowest BCUT2D eigenvalue weighted by molar-refractivity contribution is -0.388. The highest BCUT2D eigenvalue weighted by Crippen LogP contribution is 2.26. The predicted octanol–water partition coefficient (Wildman–Crippen LogP) is 3.10. The first-order valence-electron chi connectivity index (χ1n) is 7.38. The number of hydrogen-bond donors (Lipinski definition) is 1. The summed E-state index contributed by atoms with van der Waals surface area (Å²) in [5, 5.41) is 11.0. The second-order valence-electron chi connectivity index (χ2n) is 5.51. The van der Waals surface area contributed by atoms with Crippen molar-refractivity contribution in [3.8, 4) is 0 Å². The van der Waals surface area contributed by atoms with Crippen molar-refractivity contribution in [2.75, 3.05) is 4.72 Å². The first-order valence-corrected chi connectivity index (χ1v) is 8.86. The number of hydrogen-bond acceptors (Lipinski definition) is 6. The quantitative estimate of drug-likeness (QED) is 0.466. The minimum atomic E-state index is -4.33. The summed E-state index contributed by atoms with van der Waals surface area (Å²) in [4.78, 5) is 21.1. The molecule has 0 unspecified atom stereocenters. The average Bonchev–Trinajstić information content (AvgIpc) is 2.54. The first kappa shape index (κ1) is 19.3. The van der Waals surface area contributed by atoms with Crippen molar-refractivity contribution in [2.24, 2.45) is 0 Å². The van der Waals surface area contributed by atoms with Gasteiger partial charge in [-0.25, -0.2) is 17.6 Å². The molecule has 10 heteroatoms. The van der Waals surface area contributed by atoms with Crippen molar-refractivity contribution in [1.82, 2.24) is 0 Å². The van der Waals surface area contributed by atoms with Crippen molar-refractivity contribution in [3.63, 3.8) is 0 Å². The zero-order chi connectivity index (χ0) is 19.5. The molecule has 0 amide bonds. The van der Waals surface area contributed by atoms with E-state index in [9.17, 15) is 27.7 Å². The molecule has 0 aliphatic carbocycles. The van der Waals surface area contributed by atoms with Gasteiger partial charge in [0.1, 0.15) is 5.82 Å². The highest BCUT2D eigenvalue weighted by atomic mass is 32.2. The van der Waals surface area contributed by atoms with Gasteiger partial charge in [0.2, 0.25) is 0 Å². The number of sulfonamides is 1. The maximum atomic E-state index is 13.2. The number of nitro benzene ring substituents is 1. The van der Waals surface area contributed by atoms with Crippen molar-refractivity contribution in [1.29, 1.82) is 0 Å². The molecule has 0 saturated heterocycles. The molecule has 2 rings (SSSR count). The third-order valence-corrected chi connectivity index (χ3v) is 4.55. The Labute approximate surface area is 148 Å². The van der Waals surface area contributed by atoms with E-state index in [1.807, 2.05) is 0 Å². The minimum absolute atomic E-state index is 0.0738. The van der Waals surface area contributed by atoms with Gasteiger partial charge in [0.15, 0.2) is 4.90 Å². The summed E-state index contributed by atoms with van der Waals surface area (Å²) >= 11 is 0. The Hall–Kier alpha value is -3.01. The summed E-state index contributed by atoms with van der Waals surface area (Å²) in [5.41, 5.74) is -0.589. The molecule has 0 radical (unpaired) electrons. The van der Waals surface area contributed by atoms with E-state index in [0.29, 0.717) is 6.07 Å². The minimum Gasteiger partial charge on any atom is -0.459 e. The Morgan fingerprint density at radius 2 is 1.81 bits per heavy atom. The molecule has 0 spiro atoms. The average molecular weight is 382 g/mol. The van der Waals surface area contributed by atoms with Crippen LogP contribution in [-0.4, -0.2) is 25.4 Å². The molecule has 0 aliphatic rings. The van der Waals surface area contributed by atoms with Crippen LogP contribution in [-0.2, 0) is 14.8 Å². The van der Waals surface area contributed by atoms with E-state index in [0.717, 1.165) is 12.1 Å². The molecule has 0 aliphatic heterocycles. The molecule has 0 saturated carbocycles. The van der Waals surface area contributed by atoms with Gasteiger partial charge in [-0.05, 0) is 50.2 Å². The lowest BCUT2D eigenvalue weighted by atomic mass is 10.2. The van der Waals surface area contributed by atoms with Gasteiger partial charge in [-0.3, -0.25) is 14.8 Å². The van der Waals surface area contributed by atoms with Crippen LogP contribution < -0.4 is 4.72 Å². The molecule has 2 aromatic rings. The molecule has 0 fully saturated rings. The third-order valence-electron chi connectivity index (χ3n) is 3.12. The molecule has 26 heavy (non-hydrogen) atoms. The Morgan fingerprint density at radius 3 is 2.35 bits per heavy atom.